The summed E-state index contributed by atoms with van der Waals surface area (Å²) in [6, 6.07) is 2.61. The average molecular weight is 284 g/mol. The number of amides is 1. The van der Waals surface area contributed by atoms with Gasteiger partial charge in [0.15, 0.2) is 0 Å². The summed E-state index contributed by atoms with van der Waals surface area (Å²) < 4.78 is 13.2. The number of carboxylic acids is 1. The Balaban J connectivity index is 2.80. The highest BCUT2D eigenvalue weighted by molar-refractivity contribution is 5.94. The minimum absolute atomic E-state index is 0.0963. The molecular weight excluding hydrogens is 271 g/mol. The summed E-state index contributed by atoms with van der Waals surface area (Å²) in [5.74, 6) is -2.45. The van der Waals surface area contributed by atoms with Crippen molar-refractivity contribution in [2.45, 2.75) is 12.8 Å². The van der Waals surface area contributed by atoms with Crippen molar-refractivity contribution < 1.29 is 24.0 Å². The number of aliphatic carboxylic acids is 1. The molecule has 108 valence electrons. The van der Waals surface area contributed by atoms with Crippen LogP contribution in [0.1, 0.15) is 23.2 Å². The number of nitro groups is 1. The summed E-state index contributed by atoms with van der Waals surface area (Å²) in [6.45, 7) is 0.162. The molecule has 1 amide bonds. The van der Waals surface area contributed by atoms with E-state index in [1.807, 2.05) is 0 Å². The Hall–Kier alpha value is -2.51. The van der Waals surface area contributed by atoms with E-state index in [0.29, 0.717) is 0 Å². The number of hydrogen-bond acceptors (Lipinski definition) is 4. The van der Waals surface area contributed by atoms with Crippen LogP contribution < -0.4 is 0 Å². The van der Waals surface area contributed by atoms with Gasteiger partial charge in [0.2, 0.25) is 0 Å². The molecular formula is C12H13FN2O5. The molecule has 8 heteroatoms. The number of non-ortho nitro benzene ring substituents is 1. The van der Waals surface area contributed by atoms with Gasteiger partial charge >= 0.3 is 5.97 Å². The zero-order chi connectivity index (χ0) is 15.3. The molecule has 0 heterocycles. The quantitative estimate of drug-likeness (QED) is 0.632. The van der Waals surface area contributed by atoms with E-state index in [-0.39, 0.29) is 24.9 Å². The number of hydrogen-bond donors (Lipinski definition) is 1. The molecule has 20 heavy (non-hydrogen) atoms. The number of benzene rings is 1. The second kappa shape index (κ2) is 6.60. The van der Waals surface area contributed by atoms with Crippen LogP contribution in [0.2, 0.25) is 0 Å². The van der Waals surface area contributed by atoms with Crippen LogP contribution in [0.25, 0.3) is 0 Å². The lowest BCUT2D eigenvalue weighted by molar-refractivity contribution is -0.385. The van der Waals surface area contributed by atoms with Gasteiger partial charge in [0.1, 0.15) is 5.82 Å². The Kier molecular flexibility index (Phi) is 5.13. The number of rotatable bonds is 6. The number of carboxylic acid groups (broad SMARTS) is 1. The molecule has 0 aliphatic carbocycles. The molecule has 0 saturated heterocycles. The minimum Gasteiger partial charge on any atom is -0.481 e. The monoisotopic (exact) mass is 284 g/mol. The topological polar surface area (TPSA) is 101 Å². The predicted octanol–water partition coefficient (Wildman–Crippen LogP) is 1.67. The number of carbonyl (C=O) groups excluding carboxylic acids is 1. The molecule has 7 nitrogen and oxygen atoms in total. The van der Waals surface area contributed by atoms with E-state index < -0.39 is 28.3 Å². The van der Waals surface area contributed by atoms with Crippen LogP contribution in [-0.4, -0.2) is 40.4 Å². The highest BCUT2D eigenvalue weighted by atomic mass is 19.1. The van der Waals surface area contributed by atoms with E-state index in [1.54, 1.807) is 0 Å². The first-order chi connectivity index (χ1) is 9.31. The molecule has 1 aromatic rings. The molecule has 0 aromatic heterocycles. The molecule has 0 radical (unpaired) electrons. The molecule has 1 rings (SSSR count). The van der Waals surface area contributed by atoms with E-state index in [0.717, 1.165) is 18.2 Å². The highest BCUT2D eigenvalue weighted by Crippen LogP contribution is 2.17. The van der Waals surface area contributed by atoms with Crippen molar-refractivity contribution in [3.05, 3.63) is 39.7 Å². The van der Waals surface area contributed by atoms with Gasteiger partial charge in [-0.1, -0.05) is 0 Å². The molecule has 1 N–H and O–H groups in total. The van der Waals surface area contributed by atoms with Gasteiger partial charge in [0.25, 0.3) is 11.6 Å². The van der Waals surface area contributed by atoms with Gasteiger partial charge in [0, 0.05) is 31.6 Å². The smallest absolute Gasteiger partial charge is 0.303 e. The molecule has 0 fully saturated rings. The zero-order valence-electron chi connectivity index (χ0n) is 10.7. The van der Waals surface area contributed by atoms with Gasteiger partial charge < -0.3 is 10.0 Å². The maximum atomic E-state index is 13.2. The Morgan fingerprint density at radius 3 is 2.60 bits per heavy atom. The van der Waals surface area contributed by atoms with Crippen molar-refractivity contribution in [2.24, 2.45) is 0 Å². The number of halogens is 1. The molecule has 0 atom stereocenters. The molecule has 0 bridgehead atoms. The van der Waals surface area contributed by atoms with Gasteiger partial charge in [-0.2, -0.15) is 0 Å². The Bertz CT molecular complexity index is 547. The Morgan fingerprint density at radius 2 is 2.05 bits per heavy atom. The first-order valence-corrected chi connectivity index (χ1v) is 5.73. The predicted molar refractivity (Wildman–Crippen MR) is 66.9 cm³/mol. The maximum Gasteiger partial charge on any atom is 0.303 e. The van der Waals surface area contributed by atoms with Gasteiger partial charge in [-0.25, -0.2) is 4.39 Å². The van der Waals surface area contributed by atoms with Crippen LogP contribution in [0.4, 0.5) is 10.1 Å². The second-order valence-electron chi connectivity index (χ2n) is 4.18. The largest absolute Gasteiger partial charge is 0.481 e. The van der Waals surface area contributed by atoms with Gasteiger partial charge in [-0.15, -0.1) is 0 Å². The van der Waals surface area contributed by atoms with E-state index >= 15 is 0 Å². The molecule has 0 spiro atoms. The third-order valence-electron chi connectivity index (χ3n) is 2.57. The molecule has 1 aromatic carbocycles. The highest BCUT2D eigenvalue weighted by Gasteiger charge is 2.17. The summed E-state index contributed by atoms with van der Waals surface area (Å²) in [5, 5.41) is 19.1. The van der Waals surface area contributed by atoms with Crippen molar-refractivity contribution >= 4 is 17.6 Å². The lowest BCUT2D eigenvalue weighted by atomic mass is 10.1. The number of nitrogens with zero attached hydrogens (tertiary/aromatic N) is 2. The minimum atomic E-state index is -0.979. The second-order valence-corrected chi connectivity index (χ2v) is 4.18. The van der Waals surface area contributed by atoms with Crippen LogP contribution in [0.5, 0.6) is 0 Å². The average Bonchev–Trinajstić information content (AvgIpc) is 2.36. The van der Waals surface area contributed by atoms with Crippen LogP contribution in [0, 0.1) is 15.9 Å². The fourth-order valence-electron chi connectivity index (χ4n) is 1.59. The zero-order valence-corrected chi connectivity index (χ0v) is 10.7. The van der Waals surface area contributed by atoms with E-state index in [9.17, 15) is 24.1 Å². The van der Waals surface area contributed by atoms with Crippen molar-refractivity contribution in [2.75, 3.05) is 13.6 Å². The standard InChI is InChI=1S/C12H13FN2O5/c1-14(4-2-3-11(16)17)12(18)8-5-9(13)7-10(6-8)15(19)20/h5-7H,2-4H2,1H3,(H,16,17). The van der Waals surface area contributed by atoms with E-state index in [2.05, 4.69) is 0 Å². The fraction of sp³-hybridized carbons (Fsp3) is 0.333. The lowest BCUT2D eigenvalue weighted by Gasteiger charge is -2.16. The van der Waals surface area contributed by atoms with Crippen molar-refractivity contribution in [3.63, 3.8) is 0 Å². The van der Waals surface area contributed by atoms with Crippen LogP contribution in [0.3, 0.4) is 0 Å². The summed E-state index contributed by atoms with van der Waals surface area (Å²) in [5.41, 5.74) is -0.651. The first kappa shape index (κ1) is 15.5. The van der Waals surface area contributed by atoms with Crippen molar-refractivity contribution in [1.29, 1.82) is 0 Å². The lowest BCUT2D eigenvalue weighted by Crippen LogP contribution is -2.28. The van der Waals surface area contributed by atoms with Crippen LogP contribution in [0.15, 0.2) is 18.2 Å². The molecule has 0 unspecified atom stereocenters. The fourth-order valence-corrected chi connectivity index (χ4v) is 1.59. The Labute approximate surface area is 113 Å². The number of carbonyl (C=O) groups is 2. The normalized spacial score (nSPS) is 10.1. The third kappa shape index (κ3) is 4.30. The summed E-state index contributed by atoms with van der Waals surface area (Å²) in [6.07, 6.45) is 0.149. The van der Waals surface area contributed by atoms with Crippen molar-refractivity contribution in [3.8, 4) is 0 Å². The molecule has 0 aliphatic rings. The summed E-state index contributed by atoms with van der Waals surface area (Å²) in [4.78, 5) is 33.3. The van der Waals surface area contributed by atoms with Crippen LogP contribution >= 0.6 is 0 Å². The summed E-state index contributed by atoms with van der Waals surface area (Å²) >= 11 is 0. The number of nitro benzene ring substituents is 1. The Morgan fingerprint density at radius 1 is 1.40 bits per heavy atom. The van der Waals surface area contributed by atoms with E-state index in [4.69, 9.17) is 5.11 Å². The summed E-state index contributed by atoms with van der Waals surface area (Å²) in [7, 11) is 1.42. The molecule has 0 aliphatic heterocycles. The van der Waals surface area contributed by atoms with Gasteiger partial charge in [-0.3, -0.25) is 19.7 Å². The maximum absolute atomic E-state index is 13.2. The molecule has 0 saturated carbocycles. The SMILES string of the molecule is CN(CCCC(=O)O)C(=O)c1cc(F)cc([N+](=O)[O-])c1. The van der Waals surface area contributed by atoms with Crippen LogP contribution in [-0.2, 0) is 4.79 Å². The third-order valence-corrected chi connectivity index (χ3v) is 2.57. The van der Waals surface area contributed by atoms with Crippen molar-refractivity contribution in [1.82, 2.24) is 4.90 Å². The van der Waals surface area contributed by atoms with E-state index in [1.165, 1.54) is 11.9 Å². The first-order valence-electron chi connectivity index (χ1n) is 5.73. The van der Waals surface area contributed by atoms with Gasteiger partial charge in [-0.05, 0) is 12.5 Å². The van der Waals surface area contributed by atoms with Gasteiger partial charge in [0.05, 0.1) is 11.0 Å².